The van der Waals surface area contributed by atoms with Gasteiger partial charge in [0.25, 0.3) is 0 Å². The van der Waals surface area contributed by atoms with E-state index in [9.17, 15) is 0 Å². The van der Waals surface area contributed by atoms with E-state index in [0.717, 1.165) is 6.42 Å². The first kappa shape index (κ1) is 10.4. The van der Waals surface area contributed by atoms with E-state index in [-0.39, 0.29) is 5.54 Å². The van der Waals surface area contributed by atoms with E-state index in [1.165, 1.54) is 0 Å². The summed E-state index contributed by atoms with van der Waals surface area (Å²) in [4.78, 5) is 1.98. The van der Waals surface area contributed by atoms with Crippen LogP contribution in [0.2, 0.25) is 0 Å². The number of hydrogen-bond acceptors (Lipinski definition) is 2. The number of rotatable bonds is 3. The summed E-state index contributed by atoms with van der Waals surface area (Å²) in [5.41, 5.74) is -0.297. The van der Waals surface area contributed by atoms with Gasteiger partial charge in [-0.3, -0.25) is 4.90 Å². The van der Waals surface area contributed by atoms with Crippen molar-refractivity contribution in [3.05, 3.63) is 0 Å². The average Bonchev–Trinajstić information content (AvgIpc) is 1.86. The molecule has 2 nitrogen and oxygen atoms in total. The van der Waals surface area contributed by atoms with Crippen molar-refractivity contribution < 1.29 is 0 Å². The van der Waals surface area contributed by atoms with Gasteiger partial charge in [-0.25, -0.2) is 0 Å². The van der Waals surface area contributed by atoms with Gasteiger partial charge >= 0.3 is 0 Å². The molecule has 0 heterocycles. The van der Waals surface area contributed by atoms with Crippen LogP contribution in [0.1, 0.15) is 27.2 Å². The average molecular weight is 154 g/mol. The van der Waals surface area contributed by atoms with Gasteiger partial charge in [0.2, 0.25) is 0 Å². The van der Waals surface area contributed by atoms with E-state index in [1.54, 1.807) is 0 Å². The fraction of sp³-hybridized carbons (Fsp3) is 0.889. The Labute approximate surface area is 69.8 Å². The third kappa shape index (κ3) is 2.90. The highest BCUT2D eigenvalue weighted by molar-refractivity contribution is 5.03. The minimum atomic E-state index is -0.297. The van der Waals surface area contributed by atoms with Gasteiger partial charge in [0.15, 0.2) is 0 Å². The van der Waals surface area contributed by atoms with Crippen molar-refractivity contribution in [3.63, 3.8) is 0 Å². The van der Waals surface area contributed by atoms with Crippen LogP contribution in [0, 0.1) is 17.2 Å². The Morgan fingerprint density at radius 1 is 1.45 bits per heavy atom. The molecule has 0 radical (unpaired) electrons. The van der Waals surface area contributed by atoms with Crippen molar-refractivity contribution in [2.75, 3.05) is 14.1 Å². The molecule has 1 unspecified atom stereocenters. The monoisotopic (exact) mass is 154 g/mol. The lowest BCUT2D eigenvalue weighted by atomic mass is 9.91. The van der Waals surface area contributed by atoms with E-state index in [4.69, 9.17) is 5.26 Å². The standard InChI is InChI=1S/C9H18N2/c1-8(2)6-9(3,7-10)11(4)5/h8H,6H2,1-5H3. The molecule has 0 fully saturated rings. The molecular weight excluding hydrogens is 136 g/mol. The molecule has 0 aliphatic carbocycles. The van der Waals surface area contributed by atoms with Crippen LogP contribution in [0.3, 0.4) is 0 Å². The minimum absolute atomic E-state index is 0.297. The largest absolute Gasteiger partial charge is 0.292 e. The third-order valence-corrected chi connectivity index (χ3v) is 2.03. The lowest BCUT2D eigenvalue weighted by Crippen LogP contribution is -2.40. The molecular formula is C9H18N2. The smallest absolute Gasteiger partial charge is 0.106 e. The van der Waals surface area contributed by atoms with Gasteiger partial charge in [-0.2, -0.15) is 5.26 Å². The van der Waals surface area contributed by atoms with E-state index in [0.29, 0.717) is 5.92 Å². The Hall–Kier alpha value is -0.550. The molecule has 0 rings (SSSR count). The van der Waals surface area contributed by atoms with Crippen LogP contribution in [0.5, 0.6) is 0 Å². The predicted octanol–water partition coefficient (Wildman–Crippen LogP) is 1.88. The lowest BCUT2D eigenvalue weighted by Gasteiger charge is -2.30. The van der Waals surface area contributed by atoms with Gasteiger partial charge in [-0.05, 0) is 33.4 Å². The maximum absolute atomic E-state index is 8.91. The SMILES string of the molecule is CC(C)CC(C)(C#N)N(C)C. The van der Waals surface area contributed by atoms with E-state index in [2.05, 4.69) is 19.9 Å². The highest BCUT2D eigenvalue weighted by Gasteiger charge is 2.27. The Balaban J connectivity index is 4.26. The van der Waals surface area contributed by atoms with E-state index < -0.39 is 0 Å². The first-order valence-electron chi connectivity index (χ1n) is 4.01. The van der Waals surface area contributed by atoms with Crippen LogP contribution >= 0.6 is 0 Å². The maximum Gasteiger partial charge on any atom is 0.106 e. The number of nitrogens with zero attached hydrogens (tertiary/aromatic N) is 2. The fourth-order valence-corrected chi connectivity index (χ4v) is 1.12. The molecule has 0 aromatic carbocycles. The van der Waals surface area contributed by atoms with Gasteiger partial charge in [0.05, 0.1) is 6.07 Å². The zero-order chi connectivity index (χ0) is 9.07. The van der Waals surface area contributed by atoms with Gasteiger partial charge in [0.1, 0.15) is 5.54 Å². The Morgan fingerprint density at radius 3 is 2.00 bits per heavy atom. The molecule has 0 aliphatic heterocycles. The summed E-state index contributed by atoms with van der Waals surface area (Å²) in [5.74, 6) is 0.571. The molecule has 0 aliphatic rings. The second-order valence-corrected chi connectivity index (χ2v) is 3.88. The molecule has 11 heavy (non-hydrogen) atoms. The second-order valence-electron chi connectivity index (χ2n) is 3.88. The zero-order valence-electron chi connectivity index (χ0n) is 8.18. The summed E-state index contributed by atoms with van der Waals surface area (Å²) in [6, 6.07) is 2.34. The molecule has 0 saturated carbocycles. The highest BCUT2D eigenvalue weighted by Crippen LogP contribution is 2.20. The first-order chi connectivity index (χ1) is 4.92. The highest BCUT2D eigenvalue weighted by atomic mass is 15.1. The summed E-state index contributed by atoms with van der Waals surface area (Å²) in [6.07, 6.45) is 0.927. The van der Waals surface area contributed by atoms with E-state index >= 15 is 0 Å². The van der Waals surface area contributed by atoms with Crippen molar-refractivity contribution in [2.45, 2.75) is 32.7 Å². The molecule has 64 valence electrons. The van der Waals surface area contributed by atoms with Crippen LogP contribution in [0.25, 0.3) is 0 Å². The molecule has 0 amide bonds. The minimum Gasteiger partial charge on any atom is -0.292 e. The zero-order valence-corrected chi connectivity index (χ0v) is 8.18. The molecule has 0 saturated heterocycles. The van der Waals surface area contributed by atoms with Crippen LogP contribution in [-0.2, 0) is 0 Å². The molecule has 0 aromatic heterocycles. The molecule has 0 bridgehead atoms. The second kappa shape index (κ2) is 3.73. The summed E-state index contributed by atoms with van der Waals surface area (Å²) in [7, 11) is 3.90. The van der Waals surface area contributed by atoms with Crippen molar-refractivity contribution in [2.24, 2.45) is 5.92 Å². The molecule has 0 N–H and O–H groups in total. The fourth-order valence-electron chi connectivity index (χ4n) is 1.12. The van der Waals surface area contributed by atoms with Crippen LogP contribution in [0.15, 0.2) is 0 Å². The lowest BCUT2D eigenvalue weighted by molar-refractivity contribution is 0.202. The number of hydrogen-bond donors (Lipinski definition) is 0. The van der Waals surface area contributed by atoms with Crippen molar-refractivity contribution >= 4 is 0 Å². The van der Waals surface area contributed by atoms with Gasteiger partial charge in [0, 0.05) is 0 Å². The number of nitriles is 1. The normalized spacial score (nSPS) is 16.5. The van der Waals surface area contributed by atoms with Crippen molar-refractivity contribution in [3.8, 4) is 6.07 Å². The Bertz CT molecular complexity index is 155. The van der Waals surface area contributed by atoms with Gasteiger partial charge < -0.3 is 0 Å². The van der Waals surface area contributed by atoms with Crippen LogP contribution in [0.4, 0.5) is 0 Å². The van der Waals surface area contributed by atoms with Crippen LogP contribution in [-0.4, -0.2) is 24.5 Å². The van der Waals surface area contributed by atoms with Gasteiger partial charge in [-0.1, -0.05) is 13.8 Å². The van der Waals surface area contributed by atoms with Crippen LogP contribution < -0.4 is 0 Å². The summed E-state index contributed by atoms with van der Waals surface area (Å²) in [6.45, 7) is 6.26. The molecule has 1 atom stereocenters. The Kier molecular flexibility index (Phi) is 3.54. The van der Waals surface area contributed by atoms with E-state index in [1.807, 2.05) is 25.9 Å². The van der Waals surface area contributed by atoms with Gasteiger partial charge in [-0.15, -0.1) is 0 Å². The topological polar surface area (TPSA) is 27.0 Å². The third-order valence-electron chi connectivity index (χ3n) is 2.03. The summed E-state index contributed by atoms with van der Waals surface area (Å²) < 4.78 is 0. The predicted molar refractivity (Wildman–Crippen MR) is 47.2 cm³/mol. The van der Waals surface area contributed by atoms with Crippen molar-refractivity contribution in [1.29, 1.82) is 5.26 Å². The molecule has 0 spiro atoms. The van der Waals surface area contributed by atoms with Crippen molar-refractivity contribution in [1.82, 2.24) is 4.90 Å². The molecule has 0 aromatic rings. The maximum atomic E-state index is 8.91. The Morgan fingerprint density at radius 2 is 1.91 bits per heavy atom. The summed E-state index contributed by atoms with van der Waals surface area (Å²) in [5, 5.41) is 8.91. The quantitative estimate of drug-likeness (QED) is 0.620. The molecule has 2 heteroatoms. The first-order valence-corrected chi connectivity index (χ1v) is 4.01. The summed E-state index contributed by atoms with van der Waals surface area (Å²) >= 11 is 0.